The quantitative estimate of drug-likeness (QED) is 0.892. The Balaban J connectivity index is 1.78. The van der Waals surface area contributed by atoms with Crippen molar-refractivity contribution >= 4 is 29.2 Å². The molecule has 3 rings (SSSR count). The van der Waals surface area contributed by atoms with Crippen LogP contribution in [0.1, 0.15) is 36.5 Å². The van der Waals surface area contributed by atoms with Crippen molar-refractivity contribution in [3.8, 4) is 0 Å². The molecule has 1 atom stereocenters. The summed E-state index contributed by atoms with van der Waals surface area (Å²) in [6, 6.07) is 0.0388. The van der Waals surface area contributed by atoms with Gasteiger partial charge in [-0.3, -0.25) is 0 Å². The predicted molar refractivity (Wildman–Crippen MR) is 84.6 cm³/mol. The number of aromatic nitrogens is 4. The van der Waals surface area contributed by atoms with E-state index in [0.717, 1.165) is 23.8 Å². The van der Waals surface area contributed by atoms with Gasteiger partial charge in [0.15, 0.2) is 0 Å². The summed E-state index contributed by atoms with van der Waals surface area (Å²) in [6.45, 7) is 5.97. The topological polar surface area (TPSA) is 92.8 Å². The largest absolute Gasteiger partial charge is 0.368 e. The predicted octanol–water partition coefficient (Wildman–Crippen LogP) is 1.99. The third-order valence-corrected chi connectivity index (χ3v) is 4.53. The zero-order valence-electron chi connectivity index (χ0n) is 12.2. The molecule has 2 aromatic heterocycles. The lowest BCUT2D eigenvalue weighted by Gasteiger charge is -2.17. The summed E-state index contributed by atoms with van der Waals surface area (Å²) in [7, 11) is 0. The number of hydrogen-bond acceptors (Lipinski definition) is 8. The number of hydrogen-bond donors (Lipinski definition) is 2. The number of aryl methyl sites for hydroxylation is 1. The number of nitrogens with one attached hydrogen (secondary N) is 1. The van der Waals surface area contributed by atoms with E-state index in [1.54, 1.807) is 11.3 Å². The van der Waals surface area contributed by atoms with Crippen molar-refractivity contribution in [3.63, 3.8) is 0 Å². The lowest BCUT2D eigenvalue weighted by atomic mass is 10.3. The zero-order chi connectivity index (χ0) is 14.8. The monoisotopic (exact) mass is 305 g/mol. The van der Waals surface area contributed by atoms with Crippen LogP contribution in [0.4, 0.5) is 17.8 Å². The second-order valence-corrected chi connectivity index (χ2v) is 6.09. The van der Waals surface area contributed by atoms with Crippen molar-refractivity contribution in [2.45, 2.75) is 32.7 Å². The van der Waals surface area contributed by atoms with Gasteiger partial charge >= 0.3 is 0 Å². The van der Waals surface area contributed by atoms with Gasteiger partial charge in [0.25, 0.3) is 0 Å². The molecular weight excluding hydrogens is 286 g/mol. The Kier molecular flexibility index (Phi) is 3.87. The van der Waals surface area contributed by atoms with Gasteiger partial charge in [0, 0.05) is 24.2 Å². The number of nitrogens with two attached hydrogens (primary N) is 1. The minimum absolute atomic E-state index is 0.0388. The molecule has 1 aliphatic heterocycles. The maximum absolute atomic E-state index is 5.80. The molecule has 0 bridgehead atoms. The van der Waals surface area contributed by atoms with Crippen LogP contribution in [0.2, 0.25) is 0 Å². The molecule has 1 unspecified atom stereocenters. The molecule has 112 valence electrons. The summed E-state index contributed by atoms with van der Waals surface area (Å²) < 4.78 is 0. The Morgan fingerprint density at radius 3 is 2.67 bits per heavy atom. The van der Waals surface area contributed by atoms with E-state index in [9.17, 15) is 0 Å². The van der Waals surface area contributed by atoms with E-state index in [1.165, 1.54) is 12.8 Å². The summed E-state index contributed by atoms with van der Waals surface area (Å²) in [5.74, 6) is 1.41. The maximum Gasteiger partial charge on any atom is 0.231 e. The van der Waals surface area contributed by atoms with Crippen molar-refractivity contribution in [2.75, 3.05) is 29.0 Å². The number of thiazole rings is 1. The van der Waals surface area contributed by atoms with E-state index in [0.29, 0.717) is 11.9 Å². The first-order chi connectivity index (χ1) is 10.1. The second-order valence-electron chi connectivity index (χ2n) is 5.20. The third kappa shape index (κ3) is 3.21. The second kappa shape index (κ2) is 5.80. The van der Waals surface area contributed by atoms with Gasteiger partial charge in [0.1, 0.15) is 5.01 Å². The summed E-state index contributed by atoms with van der Waals surface area (Å²) >= 11 is 1.62. The first kappa shape index (κ1) is 14.0. The Morgan fingerprint density at radius 1 is 1.24 bits per heavy atom. The molecule has 2 aromatic rings. The number of nitrogens with zero attached hydrogens (tertiary/aromatic N) is 5. The molecule has 0 spiro atoms. The molecule has 1 saturated heterocycles. The van der Waals surface area contributed by atoms with Crippen LogP contribution in [-0.2, 0) is 0 Å². The van der Waals surface area contributed by atoms with Gasteiger partial charge in [-0.1, -0.05) is 0 Å². The summed E-state index contributed by atoms with van der Waals surface area (Å²) in [5.41, 5.74) is 6.83. The average Bonchev–Trinajstić information content (AvgIpc) is 3.08. The van der Waals surface area contributed by atoms with E-state index in [-0.39, 0.29) is 12.0 Å². The van der Waals surface area contributed by atoms with Crippen LogP contribution in [0, 0.1) is 6.92 Å². The SMILES string of the molecule is Cc1csc(C(C)Nc2nc(N)nc(N3CCCC3)n2)n1. The van der Waals surface area contributed by atoms with Crippen LogP contribution in [0.25, 0.3) is 0 Å². The first-order valence-corrected chi connectivity index (χ1v) is 7.95. The molecule has 1 aliphatic rings. The molecule has 0 aliphatic carbocycles. The minimum atomic E-state index is 0.0388. The Hall–Kier alpha value is -1.96. The van der Waals surface area contributed by atoms with Gasteiger partial charge in [-0.2, -0.15) is 15.0 Å². The molecule has 0 saturated carbocycles. The Bertz CT molecular complexity index is 621. The summed E-state index contributed by atoms with van der Waals surface area (Å²) in [5, 5.41) is 6.30. The van der Waals surface area contributed by atoms with Gasteiger partial charge in [0.2, 0.25) is 17.8 Å². The van der Waals surface area contributed by atoms with E-state index in [2.05, 4.69) is 30.2 Å². The Labute approximate surface area is 127 Å². The molecule has 7 nitrogen and oxygen atoms in total. The lowest BCUT2D eigenvalue weighted by molar-refractivity contribution is 0.826. The fourth-order valence-electron chi connectivity index (χ4n) is 2.33. The summed E-state index contributed by atoms with van der Waals surface area (Å²) in [4.78, 5) is 19.5. The molecule has 21 heavy (non-hydrogen) atoms. The molecule has 0 radical (unpaired) electrons. The molecular formula is C13H19N7S. The highest BCUT2D eigenvalue weighted by atomic mass is 32.1. The third-order valence-electron chi connectivity index (χ3n) is 3.38. The highest BCUT2D eigenvalue weighted by Crippen LogP contribution is 2.22. The normalized spacial score (nSPS) is 16.2. The molecule has 0 aromatic carbocycles. The van der Waals surface area contributed by atoms with Crippen molar-refractivity contribution in [1.29, 1.82) is 0 Å². The van der Waals surface area contributed by atoms with Crippen LogP contribution >= 0.6 is 11.3 Å². The molecule has 3 heterocycles. The molecule has 8 heteroatoms. The van der Waals surface area contributed by atoms with Gasteiger partial charge in [-0.15, -0.1) is 11.3 Å². The lowest BCUT2D eigenvalue weighted by Crippen LogP contribution is -2.22. The molecule has 0 amide bonds. The van der Waals surface area contributed by atoms with Crippen molar-refractivity contribution in [2.24, 2.45) is 0 Å². The minimum Gasteiger partial charge on any atom is -0.368 e. The van der Waals surface area contributed by atoms with Crippen LogP contribution < -0.4 is 16.0 Å². The fraction of sp³-hybridized carbons (Fsp3) is 0.538. The van der Waals surface area contributed by atoms with Gasteiger partial charge in [0.05, 0.1) is 6.04 Å². The standard InChI is InChI=1S/C13H19N7S/c1-8-7-21-10(15-8)9(2)16-12-17-11(14)18-13(19-12)20-5-3-4-6-20/h7,9H,3-6H2,1-2H3,(H3,14,16,17,18,19). The van der Waals surface area contributed by atoms with Crippen molar-refractivity contribution < 1.29 is 0 Å². The number of nitrogen functional groups attached to an aromatic ring is 1. The smallest absolute Gasteiger partial charge is 0.231 e. The number of rotatable bonds is 4. The zero-order valence-corrected chi connectivity index (χ0v) is 13.0. The first-order valence-electron chi connectivity index (χ1n) is 7.07. The number of anilines is 3. The maximum atomic E-state index is 5.80. The van der Waals surface area contributed by atoms with E-state index >= 15 is 0 Å². The average molecular weight is 305 g/mol. The van der Waals surface area contributed by atoms with Crippen LogP contribution in [0.3, 0.4) is 0 Å². The van der Waals surface area contributed by atoms with Crippen LogP contribution in [0.15, 0.2) is 5.38 Å². The molecule has 1 fully saturated rings. The van der Waals surface area contributed by atoms with Crippen LogP contribution in [0.5, 0.6) is 0 Å². The fourth-order valence-corrected chi connectivity index (χ4v) is 3.13. The van der Waals surface area contributed by atoms with Gasteiger partial charge < -0.3 is 16.0 Å². The highest BCUT2D eigenvalue weighted by Gasteiger charge is 2.18. The van der Waals surface area contributed by atoms with Crippen molar-refractivity contribution in [1.82, 2.24) is 19.9 Å². The van der Waals surface area contributed by atoms with Crippen molar-refractivity contribution in [3.05, 3.63) is 16.1 Å². The van der Waals surface area contributed by atoms with E-state index < -0.39 is 0 Å². The molecule has 3 N–H and O–H groups in total. The Morgan fingerprint density at radius 2 is 2.00 bits per heavy atom. The van der Waals surface area contributed by atoms with Gasteiger partial charge in [-0.05, 0) is 26.7 Å². The van der Waals surface area contributed by atoms with Crippen LogP contribution in [-0.4, -0.2) is 33.0 Å². The highest BCUT2D eigenvalue weighted by molar-refractivity contribution is 7.09. The van der Waals surface area contributed by atoms with Gasteiger partial charge in [-0.25, -0.2) is 4.98 Å². The summed E-state index contributed by atoms with van der Waals surface area (Å²) in [6.07, 6.45) is 2.34. The van der Waals surface area contributed by atoms with E-state index in [1.807, 2.05) is 19.2 Å². The van der Waals surface area contributed by atoms with E-state index in [4.69, 9.17) is 5.73 Å².